The Morgan fingerprint density at radius 3 is 1.92 bits per heavy atom. The van der Waals surface area contributed by atoms with E-state index in [1.54, 1.807) is 11.3 Å². The Hall–Kier alpha value is -7.19. The van der Waals surface area contributed by atoms with E-state index >= 15 is 0 Å². The lowest BCUT2D eigenvalue weighted by Gasteiger charge is -2.25. The van der Waals surface area contributed by atoms with Gasteiger partial charge in [0.1, 0.15) is 11.2 Å². The molecule has 1 aliphatic rings. The van der Waals surface area contributed by atoms with Crippen molar-refractivity contribution in [3.63, 3.8) is 0 Å². The number of para-hydroxylation sites is 1. The molecule has 0 fully saturated rings. The number of thiophene rings is 2. The number of benzene rings is 8. The van der Waals surface area contributed by atoms with Gasteiger partial charge in [-0.05, 0) is 82.9 Å². The van der Waals surface area contributed by atoms with E-state index in [1.165, 1.54) is 57.9 Å². The molecule has 7 heteroatoms. The number of hydrogen-bond donors (Lipinski definition) is 0. The number of hydrogen-bond acceptors (Lipinski definition) is 7. The lowest BCUT2D eigenvalue weighted by molar-refractivity contribution is 0.660. The topological polar surface area (TPSA) is 55.1 Å². The van der Waals surface area contributed by atoms with Gasteiger partial charge in [0.25, 0.3) is 0 Å². The highest BCUT2D eigenvalue weighted by atomic mass is 32.1. The minimum atomic E-state index is -0.188. The molecule has 0 bridgehead atoms. The minimum Gasteiger partial charge on any atom is -0.456 e. The summed E-state index contributed by atoms with van der Waals surface area (Å²) in [4.78, 5) is 18.6. The molecule has 0 radical (unpaired) electrons. The molecule has 288 valence electrons. The molecule has 0 spiro atoms. The van der Waals surface area contributed by atoms with Crippen LogP contribution in [0.1, 0.15) is 25.0 Å². The Balaban J connectivity index is 1.11. The Bertz CT molecular complexity index is 3780. The highest BCUT2D eigenvalue weighted by Gasteiger charge is 2.36. The Kier molecular flexibility index (Phi) is 7.33. The normalized spacial score (nSPS) is 13.2. The molecule has 1 aliphatic carbocycles. The van der Waals surface area contributed by atoms with Gasteiger partial charge in [-0.3, -0.25) is 4.90 Å². The summed E-state index contributed by atoms with van der Waals surface area (Å²) in [5, 5.41) is 6.88. The number of anilines is 3. The molecular weight excluding hydrogens is 785 g/mol. The third-order valence-electron chi connectivity index (χ3n) is 12.5. The number of nitrogens with zero attached hydrogens (tertiary/aromatic N) is 4. The molecule has 0 N–H and O–H groups in total. The third kappa shape index (κ3) is 5.14. The predicted octanol–water partition coefficient (Wildman–Crippen LogP) is 15.6. The van der Waals surface area contributed by atoms with Crippen LogP contribution >= 0.6 is 22.7 Å². The molecule has 0 unspecified atom stereocenters. The van der Waals surface area contributed by atoms with Crippen LogP contribution in [0, 0.1) is 0 Å². The van der Waals surface area contributed by atoms with E-state index in [2.05, 4.69) is 170 Å². The summed E-state index contributed by atoms with van der Waals surface area (Å²) >= 11 is 3.60. The van der Waals surface area contributed by atoms with Crippen molar-refractivity contribution in [3.05, 3.63) is 181 Å². The van der Waals surface area contributed by atoms with Gasteiger partial charge in [0, 0.05) is 57.6 Å². The lowest BCUT2D eigenvalue weighted by atomic mass is 9.82. The first-order valence-electron chi connectivity index (χ1n) is 20.5. The average molecular weight is 819 g/mol. The largest absolute Gasteiger partial charge is 0.456 e. The first-order valence-corrected chi connectivity index (χ1v) is 22.1. The van der Waals surface area contributed by atoms with Crippen LogP contribution in [0.5, 0.6) is 0 Å². The van der Waals surface area contributed by atoms with Gasteiger partial charge in [0.2, 0.25) is 5.95 Å². The molecule has 0 aliphatic heterocycles. The van der Waals surface area contributed by atoms with Crippen LogP contribution in [0.2, 0.25) is 0 Å². The SMILES string of the molecule is CC1(C)c2ccccc2-c2ccc(-c3nc(-c4ccc5sc6ccccc6c5c4)nc(N(c4cccc5c4sc4ccccc45)c4cccc5oc6ccccc6c45)n3)cc21. The molecular formula is C54H34N4OS2. The molecule has 12 aromatic rings. The van der Waals surface area contributed by atoms with Gasteiger partial charge in [-0.1, -0.05) is 123 Å². The second kappa shape index (κ2) is 12.9. The van der Waals surface area contributed by atoms with Gasteiger partial charge in [-0.2, -0.15) is 9.97 Å². The molecule has 0 saturated heterocycles. The highest BCUT2D eigenvalue weighted by molar-refractivity contribution is 7.26. The molecule has 5 nitrogen and oxygen atoms in total. The van der Waals surface area contributed by atoms with Crippen LogP contribution in [0.15, 0.2) is 174 Å². The number of furan rings is 1. The Labute approximate surface area is 358 Å². The fourth-order valence-electron chi connectivity index (χ4n) is 9.63. The van der Waals surface area contributed by atoms with Crippen LogP contribution in [0.4, 0.5) is 17.3 Å². The number of aromatic nitrogens is 3. The quantitative estimate of drug-likeness (QED) is 0.173. The van der Waals surface area contributed by atoms with Gasteiger partial charge in [-0.15, -0.1) is 22.7 Å². The fraction of sp³-hybridized carbons (Fsp3) is 0.0556. The van der Waals surface area contributed by atoms with E-state index in [4.69, 9.17) is 19.4 Å². The predicted molar refractivity (Wildman–Crippen MR) is 256 cm³/mol. The van der Waals surface area contributed by atoms with Gasteiger partial charge in [0.15, 0.2) is 11.6 Å². The van der Waals surface area contributed by atoms with E-state index in [0.29, 0.717) is 17.6 Å². The summed E-state index contributed by atoms with van der Waals surface area (Å²) in [6, 6.07) is 60.5. The first-order chi connectivity index (χ1) is 30.0. The van der Waals surface area contributed by atoms with Gasteiger partial charge >= 0.3 is 0 Å². The van der Waals surface area contributed by atoms with Gasteiger partial charge in [-0.25, -0.2) is 4.98 Å². The first kappa shape index (κ1) is 34.7. The average Bonchev–Trinajstić information content (AvgIpc) is 4.05. The zero-order valence-electron chi connectivity index (χ0n) is 33.2. The van der Waals surface area contributed by atoms with Crippen LogP contribution < -0.4 is 4.90 Å². The Morgan fingerprint density at radius 2 is 1.07 bits per heavy atom. The van der Waals surface area contributed by atoms with Crippen LogP contribution in [-0.2, 0) is 5.41 Å². The maximum atomic E-state index is 6.52. The molecule has 0 saturated carbocycles. The van der Waals surface area contributed by atoms with Crippen molar-refractivity contribution in [2.75, 3.05) is 4.90 Å². The summed E-state index contributed by atoms with van der Waals surface area (Å²) in [5.74, 6) is 1.75. The van der Waals surface area contributed by atoms with Crippen molar-refractivity contribution in [3.8, 4) is 33.9 Å². The molecule has 0 atom stereocenters. The van der Waals surface area contributed by atoms with Crippen LogP contribution in [0.25, 0.3) is 96.2 Å². The third-order valence-corrected chi connectivity index (χ3v) is 14.9. The zero-order chi connectivity index (χ0) is 40.4. The smallest absolute Gasteiger partial charge is 0.238 e. The van der Waals surface area contributed by atoms with Crippen molar-refractivity contribution >= 4 is 102 Å². The summed E-state index contributed by atoms with van der Waals surface area (Å²) in [5.41, 5.74) is 10.4. The maximum absolute atomic E-state index is 6.52. The number of fused-ring (bicyclic) bond motifs is 12. The zero-order valence-corrected chi connectivity index (χ0v) is 34.8. The van der Waals surface area contributed by atoms with E-state index in [1.807, 2.05) is 29.5 Å². The lowest BCUT2D eigenvalue weighted by Crippen LogP contribution is -2.16. The molecule has 4 aromatic heterocycles. The van der Waals surface area contributed by atoms with Crippen LogP contribution in [-0.4, -0.2) is 15.0 Å². The molecule has 8 aromatic carbocycles. The maximum Gasteiger partial charge on any atom is 0.238 e. The van der Waals surface area contributed by atoms with Crippen molar-refractivity contribution in [1.82, 2.24) is 15.0 Å². The highest BCUT2D eigenvalue weighted by Crippen LogP contribution is 2.51. The van der Waals surface area contributed by atoms with Crippen molar-refractivity contribution in [2.24, 2.45) is 0 Å². The summed E-state index contributed by atoms with van der Waals surface area (Å²) in [6.45, 7) is 4.63. The Morgan fingerprint density at radius 1 is 0.459 bits per heavy atom. The van der Waals surface area contributed by atoms with E-state index < -0.39 is 0 Å². The van der Waals surface area contributed by atoms with E-state index in [9.17, 15) is 0 Å². The van der Waals surface area contributed by atoms with E-state index in [-0.39, 0.29) is 5.41 Å². The number of rotatable bonds is 5. The van der Waals surface area contributed by atoms with Crippen molar-refractivity contribution in [2.45, 2.75) is 19.3 Å². The second-order valence-corrected chi connectivity index (χ2v) is 18.5. The van der Waals surface area contributed by atoms with Crippen molar-refractivity contribution in [1.29, 1.82) is 0 Å². The molecule has 61 heavy (non-hydrogen) atoms. The summed E-state index contributed by atoms with van der Waals surface area (Å²) in [7, 11) is 0. The minimum absolute atomic E-state index is 0.188. The summed E-state index contributed by atoms with van der Waals surface area (Å²) < 4.78 is 11.4. The summed E-state index contributed by atoms with van der Waals surface area (Å²) in [6.07, 6.45) is 0. The van der Waals surface area contributed by atoms with Gasteiger partial charge < -0.3 is 4.42 Å². The van der Waals surface area contributed by atoms with Gasteiger partial charge in [0.05, 0.1) is 21.5 Å². The van der Waals surface area contributed by atoms with E-state index in [0.717, 1.165) is 49.1 Å². The molecule has 0 amide bonds. The van der Waals surface area contributed by atoms with Crippen LogP contribution in [0.3, 0.4) is 0 Å². The standard InChI is InChI=1S/C54H34N4OS2/c1-54(2)40-18-7-3-13-33(40)34-27-25-32(30-41(34)54)52-55-51(31-26-28-48-39(29-31)36-15-6-9-23-46(36)60-48)56-53(57-52)58(42-19-12-22-45-49(42)38-16-4-8-21-44(38)59-45)43-20-11-17-37-35-14-5-10-24-47(35)61-50(37)43/h3-30H,1-2H3. The molecule has 4 heterocycles. The monoisotopic (exact) mass is 818 g/mol. The van der Waals surface area contributed by atoms with Crippen molar-refractivity contribution < 1.29 is 4.42 Å². The molecule has 13 rings (SSSR count). The second-order valence-electron chi connectivity index (χ2n) is 16.4. The fourth-order valence-corrected chi connectivity index (χ4v) is 11.9.